The Bertz CT molecular complexity index is 1250. The van der Waals surface area contributed by atoms with E-state index >= 15 is 0 Å². The van der Waals surface area contributed by atoms with Crippen molar-refractivity contribution in [3.05, 3.63) is 80.1 Å². The molecule has 1 aliphatic carbocycles. The second kappa shape index (κ2) is 10.3. The molecule has 0 radical (unpaired) electrons. The molecule has 4 rings (SSSR count). The van der Waals surface area contributed by atoms with E-state index in [4.69, 9.17) is 37.4 Å². The highest BCUT2D eigenvalue weighted by molar-refractivity contribution is 6.42. The summed E-state index contributed by atoms with van der Waals surface area (Å²) in [4.78, 5) is 26.7. The number of ketones is 1. The molecule has 1 aliphatic heterocycles. The summed E-state index contributed by atoms with van der Waals surface area (Å²) in [6, 6.07) is 10.9. The van der Waals surface area contributed by atoms with Gasteiger partial charge in [-0.1, -0.05) is 41.4 Å². The topological polar surface area (TPSA) is 73.9 Å². The Hall–Kier alpha value is -2.96. The Morgan fingerprint density at radius 1 is 1.09 bits per heavy atom. The predicted molar refractivity (Wildman–Crippen MR) is 135 cm³/mol. The molecule has 2 aliphatic rings. The highest BCUT2D eigenvalue weighted by atomic mass is 35.5. The van der Waals surface area contributed by atoms with Crippen LogP contribution >= 0.6 is 23.2 Å². The maximum absolute atomic E-state index is 13.7. The number of carbonyl (C=O) groups excluding carboxylic acids is 2. The molecule has 0 spiro atoms. The van der Waals surface area contributed by atoms with Gasteiger partial charge >= 0.3 is 5.97 Å². The fourth-order valence-corrected chi connectivity index (χ4v) is 5.33. The Labute approximate surface area is 214 Å². The Morgan fingerprint density at radius 2 is 1.83 bits per heavy atom. The summed E-state index contributed by atoms with van der Waals surface area (Å²) < 4.78 is 16.2. The van der Waals surface area contributed by atoms with E-state index in [1.165, 1.54) is 0 Å². The number of dihydropyridines is 1. The summed E-state index contributed by atoms with van der Waals surface area (Å²) in [6.45, 7) is 3.77. The summed E-state index contributed by atoms with van der Waals surface area (Å²) in [5.74, 6) is -0.0502. The molecule has 2 atom stereocenters. The van der Waals surface area contributed by atoms with E-state index in [9.17, 15) is 9.59 Å². The van der Waals surface area contributed by atoms with Crippen LogP contribution in [0.4, 0.5) is 0 Å². The number of rotatable bonds is 6. The third-order valence-electron chi connectivity index (χ3n) is 6.49. The molecule has 0 saturated heterocycles. The van der Waals surface area contributed by atoms with E-state index < -0.39 is 11.9 Å². The quantitative estimate of drug-likeness (QED) is 0.480. The van der Waals surface area contributed by atoms with Gasteiger partial charge in [-0.3, -0.25) is 4.79 Å². The van der Waals surface area contributed by atoms with Gasteiger partial charge in [-0.05, 0) is 55.5 Å². The summed E-state index contributed by atoms with van der Waals surface area (Å²) >= 11 is 12.9. The third kappa shape index (κ3) is 4.65. The van der Waals surface area contributed by atoms with Crippen molar-refractivity contribution in [2.24, 2.45) is 0 Å². The average Bonchev–Trinajstić information content (AvgIpc) is 2.84. The van der Waals surface area contributed by atoms with Crippen LogP contribution in [0.15, 0.2) is 58.9 Å². The highest BCUT2D eigenvalue weighted by Gasteiger charge is 2.42. The monoisotopic (exact) mass is 515 g/mol. The normalized spacial score (nSPS) is 19.8. The number of halogens is 2. The van der Waals surface area contributed by atoms with Gasteiger partial charge in [0.25, 0.3) is 0 Å². The van der Waals surface area contributed by atoms with Gasteiger partial charge in [-0.15, -0.1) is 0 Å². The highest BCUT2D eigenvalue weighted by Crippen LogP contribution is 2.48. The zero-order chi connectivity index (χ0) is 25.3. The number of ether oxygens (including phenoxy) is 3. The number of esters is 1. The van der Waals surface area contributed by atoms with Crippen molar-refractivity contribution in [3.63, 3.8) is 0 Å². The molecule has 0 fully saturated rings. The van der Waals surface area contributed by atoms with Crippen molar-refractivity contribution < 1.29 is 23.8 Å². The molecule has 2 aromatic rings. The Kier molecular flexibility index (Phi) is 7.43. The predicted octanol–water partition coefficient (Wildman–Crippen LogP) is 5.94. The van der Waals surface area contributed by atoms with Crippen LogP contribution in [-0.2, 0) is 14.3 Å². The number of Topliss-reactive ketones (excluding diaryl/α,β-unsaturated/α-hetero) is 1. The van der Waals surface area contributed by atoms with Gasteiger partial charge in [-0.25, -0.2) is 4.79 Å². The van der Waals surface area contributed by atoms with E-state index in [-0.39, 0.29) is 24.7 Å². The maximum Gasteiger partial charge on any atom is 0.336 e. The second-order valence-electron chi connectivity index (χ2n) is 8.50. The molecule has 0 bridgehead atoms. The van der Waals surface area contributed by atoms with Crippen LogP contribution in [0.25, 0.3) is 0 Å². The third-order valence-corrected chi connectivity index (χ3v) is 7.33. The molecule has 184 valence electrons. The standard InChI is InChI=1S/C27H27Cl2NO5/c1-5-35-27(32)23-14(2)30-19-11-16(15-9-10-21(33-3)22(13-15)34-4)12-20(31)25(19)24(23)17-7-6-8-18(28)26(17)29/h6-10,13,16,24,30H,5,11-12H2,1-4H3/t16-,24-/m0/s1. The van der Waals surface area contributed by atoms with Gasteiger partial charge in [0.2, 0.25) is 0 Å². The van der Waals surface area contributed by atoms with Gasteiger partial charge in [0, 0.05) is 29.3 Å². The van der Waals surface area contributed by atoms with Crippen molar-refractivity contribution in [1.29, 1.82) is 0 Å². The summed E-state index contributed by atoms with van der Waals surface area (Å²) in [5.41, 5.74) is 3.87. The van der Waals surface area contributed by atoms with Gasteiger partial charge in [0.15, 0.2) is 17.3 Å². The first-order valence-electron chi connectivity index (χ1n) is 11.4. The first kappa shape index (κ1) is 25.1. The van der Waals surface area contributed by atoms with E-state index in [2.05, 4.69) is 5.32 Å². The van der Waals surface area contributed by atoms with E-state index in [0.29, 0.717) is 50.4 Å². The largest absolute Gasteiger partial charge is 0.493 e. The number of nitrogens with one attached hydrogen (secondary N) is 1. The molecule has 0 amide bonds. The second-order valence-corrected chi connectivity index (χ2v) is 9.28. The minimum atomic E-state index is -0.671. The number of methoxy groups -OCH3 is 2. The van der Waals surface area contributed by atoms with Crippen molar-refractivity contribution in [3.8, 4) is 11.5 Å². The molecule has 8 heteroatoms. The number of carbonyl (C=O) groups is 2. The molecule has 1 N–H and O–H groups in total. The molecule has 6 nitrogen and oxygen atoms in total. The fourth-order valence-electron chi connectivity index (χ4n) is 4.92. The molecule has 2 aromatic carbocycles. The van der Waals surface area contributed by atoms with Crippen molar-refractivity contribution in [2.75, 3.05) is 20.8 Å². The summed E-state index contributed by atoms with van der Waals surface area (Å²) in [6.07, 6.45) is 0.860. The molecular formula is C27H27Cl2NO5. The number of hydrogen-bond acceptors (Lipinski definition) is 6. The van der Waals surface area contributed by atoms with Crippen molar-refractivity contribution in [2.45, 2.75) is 38.5 Å². The maximum atomic E-state index is 13.7. The average molecular weight is 516 g/mol. The van der Waals surface area contributed by atoms with Crippen molar-refractivity contribution in [1.82, 2.24) is 5.32 Å². The van der Waals surface area contributed by atoms with Crippen LogP contribution in [0.5, 0.6) is 11.5 Å². The minimum Gasteiger partial charge on any atom is -0.493 e. The van der Waals surface area contributed by atoms with Crippen LogP contribution in [0.2, 0.25) is 10.0 Å². The molecule has 0 saturated carbocycles. The minimum absolute atomic E-state index is 0.0612. The first-order chi connectivity index (χ1) is 16.8. The number of hydrogen-bond donors (Lipinski definition) is 1. The lowest BCUT2D eigenvalue weighted by Crippen LogP contribution is -2.36. The number of benzene rings is 2. The molecule has 35 heavy (non-hydrogen) atoms. The van der Waals surface area contributed by atoms with Gasteiger partial charge in [0.1, 0.15) is 0 Å². The van der Waals surface area contributed by atoms with Crippen molar-refractivity contribution >= 4 is 35.0 Å². The summed E-state index contributed by atoms with van der Waals surface area (Å²) in [5, 5.41) is 4.00. The zero-order valence-electron chi connectivity index (χ0n) is 20.0. The zero-order valence-corrected chi connectivity index (χ0v) is 21.5. The van der Waals surface area contributed by atoms with Crippen LogP contribution in [0.1, 0.15) is 49.7 Å². The van der Waals surface area contributed by atoms with Gasteiger partial charge in [-0.2, -0.15) is 0 Å². The molecule has 0 aromatic heterocycles. The first-order valence-corrected chi connectivity index (χ1v) is 12.1. The van der Waals surface area contributed by atoms with Crippen LogP contribution < -0.4 is 14.8 Å². The van der Waals surface area contributed by atoms with E-state index in [1.54, 1.807) is 39.3 Å². The lowest BCUT2D eigenvalue weighted by molar-refractivity contribution is -0.138. The van der Waals surface area contributed by atoms with Crippen LogP contribution in [0.3, 0.4) is 0 Å². The summed E-state index contributed by atoms with van der Waals surface area (Å²) in [7, 11) is 3.17. The SMILES string of the molecule is CCOC(=O)C1=C(C)NC2=C(C(=O)C[C@@H](c3ccc(OC)c(OC)c3)C2)[C@H]1c1cccc(Cl)c1Cl. The lowest BCUT2D eigenvalue weighted by Gasteiger charge is -2.37. The molecule has 0 unspecified atom stereocenters. The van der Waals surface area contributed by atoms with Crippen LogP contribution in [-0.4, -0.2) is 32.6 Å². The van der Waals surface area contributed by atoms with E-state index in [1.807, 2.05) is 25.1 Å². The van der Waals surface area contributed by atoms with Gasteiger partial charge < -0.3 is 19.5 Å². The molecule has 1 heterocycles. The fraction of sp³-hybridized carbons (Fsp3) is 0.333. The lowest BCUT2D eigenvalue weighted by atomic mass is 9.71. The smallest absolute Gasteiger partial charge is 0.336 e. The van der Waals surface area contributed by atoms with Gasteiger partial charge in [0.05, 0.1) is 36.4 Å². The molecular weight excluding hydrogens is 489 g/mol. The van der Waals surface area contributed by atoms with E-state index in [0.717, 1.165) is 11.3 Å². The Balaban J connectivity index is 1.81. The van der Waals surface area contributed by atoms with Crippen LogP contribution in [0, 0.1) is 0 Å². The number of allylic oxidation sites excluding steroid dienone is 3. The Morgan fingerprint density at radius 3 is 2.51 bits per heavy atom.